The summed E-state index contributed by atoms with van der Waals surface area (Å²) >= 11 is 0. The first-order valence-electron chi connectivity index (χ1n) is 5.28. The molecule has 0 spiro atoms. The number of ether oxygens (including phenoxy) is 1. The summed E-state index contributed by atoms with van der Waals surface area (Å²) in [6.45, 7) is 3.95. The third kappa shape index (κ3) is 4.15. The summed E-state index contributed by atoms with van der Waals surface area (Å²) in [5.41, 5.74) is -0.444. The lowest BCUT2D eigenvalue weighted by atomic mass is 10.1. The maximum absolute atomic E-state index is 11.2. The van der Waals surface area contributed by atoms with Crippen LogP contribution in [0.5, 0.6) is 0 Å². The molecule has 0 unspecified atom stereocenters. The molecule has 10 heteroatoms. The molecule has 8 nitrogen and oxygen atoms in total. The van der Waals surface area contributed by atoms with E-state index in [1.54, 1.807) is 7.11 Å². The predicted molar refractivity (Wildman–Crippen MR) is 67.6 cm³/mol. The Hall–Kier alpha value is -1.19. The van der Waals surface area contributed by atoms with Crippen LogP contribution in [-0.2, 0) is 20.3 Å². The number of hydrogen-bond acceptors (Lipinski definition) is 6. The number of hydrogen-bond donors (Lipinski definition) is 0. The molecule has 0 N–H and O–H groups in total. The first kappa shape index (κ1) is 15.9. The van der Waals surface area contributed by atoms with Crippen molar-refractivity contribution in [1.29, 1.82) is 0 Å². The van der Waals surface area contributed by atoms with E-state index < -0.39 is 30.3 Å². The van der Waals surface area contributed by atoms with E-state index in [0.29, 0.717) is 6.42 Å². The van der Waals surface area contributed by atoms with Crippen LogP contribution in [0, 0.1) is 10.1 Å². The van der Waals surface area contributed by atoms with Gasteiger partial charge in [-0.2, -0.15) is 4.68 Å². The SMILES string of the molecule is COC(C)(C)CCn1cc(S(=O)(=O)Cl)c([N+](=O)[O-])n1. The Labute approximate surface area is 114 Å². The Bertz CT molecular complexity index is 581. The standard InChI is InChI=1S/C9H14ClN3O5S/c1-9(2,18-3)4-5-12-6-7(19(10,16)17)8(11-12)13(14)15/h6H,4-5H2,1-3H3. The number of halogens is 1. The van der Waals surface area contributed by atoms with Crippen LogP contribution in [0.3, 0.4) is 0 Å². The van der Waals surface area contributed by atoms with Gasteiger partial charge < -0.3 is 14.9 Å². The summed E-state index contributed by atoms with van der Waals surface area (Å²) in [6, 6.07) is 0. The molecule has 1 rings (SSSR count). The van der Waals surface area contributed by atoms with Gasteiger partial charge in [-0.05, 0) is 25.2 Å². The summed E-state index contributed by atoms with van der Waals surface area (Å²) in [4.78, 5) is 9.24. The fourth-order valence-electron chi connectivity index (χ4n) is 1.29. The molecule has 0 atom stereocenters. The smallest absolute Gasteiger partial charge is 0.379 e. The lowest BCUT2D eigenvalue weighted by molar-refractivity contribution is -0.392. The molecule has 0 aliphatic rings. The molecule has 0 aliphatic carbocycles. The van der Waals surface area contributed by atoms with E-state index in [2.05, 4.69) is 5.10 Å². The molecule has 1 aromatic rings. The first-order valence-corrected chi connectivity index (χ1v) is 7.59. The molecule has 1 aromatic heterocycles. The lowest BCUT2D eigenvalue weighted by Gasteiger charge is -2.21. The lowest BCUT2D eigenvalue weighted by Crippen LogP contribution is -2.24. The fourth-order valence-corrected chi connectivity index (χ4v) is 2.20. The largest absolute Gasteiger partial charge is 0.410 e. The number of nitro groups is 1. The van der Waals surface area contributed by atoms with Crippen molar-refractivity contribution >= 4 is 25.6 Å². The van der Waals surface area contributed by atoms with Gasteiger partial charge in [-0.25, -0.2) is 8.42 Å². The van der Waals surface area contributed by atoms with Crippen LogP contribution in [0.25, 0.3) is 0 Å². The minimum absolute atomic E-state index is 0.272. The van der Waals surface area contributed by atoms with Gasteiger partial charge in [-0.3, -0.25) is 0 Å². The third-order valence-electron chi connectivity index (χ3n) is 2.64. The van der Waals surface area contributed by atoms with Gasteiger partial charge in [0, 0.05) is 17.8 Å². The van der Waals surface area contributed by atoms with E-state index in [0.717, 1.165) is 6.20 Å². The molecule has 0 bridgehead atoms. The number of nitrogens with zero attached hydrogens (tertiary/aromatic N) is 3. The number of aryl methyl sites for hydroxylation is 1. The summed E-state index contributed by atoms with van der Waals surface area (Å²) in [6.07, 6.45) is 1.55. The van der Waals surface area contributed by atoms with E-state index in [-0.39, 0.29) is 6.54 Å². The zero-order valence-corrected chi connectivity index (χ0v) is 12.2. The molecular formula is C9H14ClN3O5S. The average molecular weight is 312 g/mol. The molecule has 1 heterocycles. The zero-order valence-electron chi connectivity index (χ0n) is 10.7. The second-order valence-electron chi connectivity index (χ2n) is 4.49. The van der Waals surface area contributed by atoms with Crippen molar-refractivity contribution < 1.29 is 18.1 Å². The van der Waals surface area contributed by atoms with Gasteiger partial charge >= 0.3 is 5.82 Å². The van der Waals surface area contributed by atoms with E-state index in [9.17, 15) is 18.5 Å². The maximum Gasteiger partial charge on any atom is 0.410 e. The number of rotatable bonds is 6. The van der Waals surface area contributed by atoms with Gasteiger partial charge in [-0.1, -0.05) is 0 Å². The van der Waals surface area contributed by atoms with Crippen LogP contribution in [0.1, 0.15) is 20.3 Å². The van der Waals surface area contributed by atoms with Crippen molar-refractivity contribution in [2.24, 2.45) is 0 Å². The summed E-state index contributed by atoms with van der Waals surface area (Å²) in [5, 5.41) is 14.3. The van der Waals surface area contributed by atoms with Crippen molar-refractivity contribution in [2.75, 3.05) is 7.11 Å². The Morgan fingerprint density at radius 2 is 2.16 bits per heavy atom. The minimum Gasteiger partial charge on any atom is -0.379 e. The van der Waals surface area contributed by atoms with Gasteiger partial charge in [0.25, 0.3) is 9.05 Å². The van der Waals surface area contributed by atoms with Crippen LogP contribution >= 0.6 is 10.7 Å². The highest BCUT2D eigenvalue weighted by molar-refractivity contribution is 8.13. The molecule has 0 saturated carbocycles. The third-order valence-corrected chi connectivity index (χ3v) is 3.95. The Balaban J connectivity index is 3.03. The minimum atomic E-state index is -4.20. The van der Waals surface area contributed by atoms with Gasteiger partial charge in [0.05, 0.1) is 23.4 Å². The van der Waals surface area contributed by atoms with Crippen LogP contribution in [0.4, 0.5) is 5.82 Å². The zero-order chi connectivity index (χ0) is 14.8. The van der Waals surface area contributed by atoms with Crippen molar-refractivity contribution in [2.45, 2.75) is 37.3 Å². The van der Waals surface area contributed by atoms with Crippen molar-refractivity contribution in [1.82, 2.24) is 9.78 Å². The van der Waals surface area contributed by atoms with Crippen LogP contribution in [0.2, 0.25) is 0 Å². The second-order valence-corrected chi connectivity index (χ2v) is 7.02. The highest BCUT2D eigenvalue weighted by Gasteiger charge is 2.30. The van der Waals surface area contributed by atoms with Crippen LogP contribution < -0.4 is 0 Å². The van der Waals surface area contributed by atoms with Crippen LogP contribution in [0.15, 0.2) is 11.1 Å². The predicted octanol–water partition coefficient (Wildman–Crippen LogP) is 1.53. The maximum atomic E-state index is 11.2. The monoisotopic (exact) mass is 311 g/mol. The fraction of sp³-hybridized carbons (Fsp3) is 0.667. The normalized spacial score (nSPS) is 12.6. The van der Waals surface area contributed by atoms with Crippen molar-refractivity contribution in [3.05, 3.63) is 16.3 Å². The summed E-state index contributed by atoms with van der Waals surface area (Å²) in [5.74, 6) is -0.773. The molecule has 108 valence electrons. The molecule has 0 aliphatic heterocycles. The molecule has 0 fully saturated rings. The van der Waals surface area contributed by atoms with E-state index >= 15 is 0 Å². The number of methoxy groups -OCH3 is 1. The van der Waals surface area contributed by atoms with Crippen molar-refractivity contribution in [3.8, 4) is 0 Å². The Kier molecular flexibility index (Phi) is 4.54. The second kappa shape index (κ2) is 5.43. The van der Waals surface area contributed by atoms with E-state index in [1.807, 2.05) is 13.8 Å². The van der Waals surface area contributed by atoms with E-state index in [1.165, 1.54) is 4.68 Å². The van der Waals surface area contributed by atoms with E-state index in [4.69, 9.17) is 15.4 Å². The molecule has 0 aromatic carbocycles. The number of aromatic nitrogens is 2. The molecule has 19 heavy (non-hydrogen) atoms. The van der Waals surface area contributed by atoms with Crippen LogP contribution in [-0.4, -0.2) is 35.8 Å². The molecular weight excluding hydrogens is 298 g/mol. The molecule has 0 saturated heterocycles. The first-order chi connectivity index (χ1) is 8.57. The average Bonchev–Trinajstić information content (AvgIpc) is 2.70. The summed E-state index contributed by atoms with van der Waals surface area (Å²) < 4.78 is 28.8. The quantitative estimate of drug-likeness (QED) is 0.448. The Morgan fingerprint density at radius 1 is 1.58 bits per heavy atom. The Morgan fingerprint density at radius 3 is 2.53 bits per heavy atom. The summed E-state index contributed by atoms with van der Waals surface area (Å²) in [7, 11) is 2.47. The molecule has 0 amide bonds. The highest BCUT2D eigenvalue weighted by Crippen LogP contribution is 2.25. The van der Waals surface area contributed by atoms with Gasteiger partial charge in [0.2, 0.25) is 4.90 Å². The van der Waals surface area contributed by atoms with Gasteiger partial charge in [0.15, 0.2) is 0 Å². The van der Waals surface area contributed by atoms with Crippen molar-refractivity contribution in [3.63, 3.8) is 0 Å². The van der Waals surface area contributed by atoms with Gasteiger partial charge in [-0.15, -0.1) is 0 Å². The van der Waals surface area contributed by atoms with Gasteiger partial charge in [0.1, 0.15) is 0 Å². The topological polar surface area (TPSA) is 104 Å². The molecule has 0 radical (unpaired) electrons. The highest BCUT2D eigenvalue weighted by atomic mass is 35.7.